The summed E-state index contributed by atoms with van der Waals surface area (Å²) in [6.45, 7) is 5.72. The zero-order chi connectivity index (χ0) is 22.1. The minimum atomic E-state index is 0.225. The lowest BCUT2D eigenvalue weighted by Crippen LogP contribution is -2.14. The van der Waals surface area contributed by atoms with Gasteiger partial charge < -0.3 is 10.1 Å². The first-order chi connectivity index (χ1) is 15.6. The van der Waals surface area contributed by atoms with Gasteiger partial charge in [0.05, 0.1) is 52.4 Å². The maximum absolute atomic E-state index is 9.13. The number of nitrogens with one attached hydrogen (secondary N) is 1. The van der Waals surface area contributed by atoms with E-state index in [0.29, 0.717) is 11.5 Å². The lowest BCUT2D eigenvalue weighted by Gasteiger charge is -2.19. The Bertz CT molecular complexity index is 1290. The van der Waals surface area contributed by atoms with Crippen molar-refractivity contribution in [1.82, 2.24) is 29.6 Å². The molecule has 9 heteroatoms. The van der Waals surface area contributed by atoms with Gasteiger partial charge in [0, 0.05) is 25.2 Å². The summed E-state index contributed by atoms with van der Waals surface area (Å²) >= 11 is 0. The van der Waals surface area contributed by atoms with Crippen molar-refractivity contribution in [2.45, 2.75) is 38.6 Å². The van der Waals surface area contributed by atoms with Crippen molar-refractivity contribution in [2.75, 3.05) is 18.5 Å². The number of anilines is 1. The van der Waals surface area contributed by atoms with E-state index < -0.39 is 0 Å². The average molecular weight is 429 g/mol. The Morgan fingerprint density at radius 1 is 1.19 bits per heavy atom. The van der Waals surface area contributed by atoms with E-state index in [1.165, 1.54) is 0 Å². The Balaban J connectivity index is 1.53. The van der Waals surface area contributed by atoms with Crippen LogP contribution in [0.25, 0.3) is 22.6 Å². The number of pyridine rings is 1. The number of ether oxygens (including phenoxy) is 1. The van der Waals surface area contributed by atoms with Crippen LogP contribution in [0.2, 0.25) is 0 Å². The van der Waals surface area contributed by atoms with Crippen molar-refractivity contribution in [1.29, 1.82) is 5.26 Å². The van der Waals surface area contributed by atoms with Gasteiger partial charge in [-0.05, 0) is 51.0 Å². The maximum Gasteiger partial charge on any atom is 0.108 e. The maximum atomic E-state index is 9.13. The number of nitriles is 1. The summed E-state index contributed by atoms with van der Waals surface area (Å²) in [5.41, 5.74) is 5.75. The summed E-state index contributed by atoms with van der Waals surface area (Å²) in [5.74, 6) is 0.377. The molecule has 9 nitrogen and oxygen atoms in total. The number of hydrogen-bond acceptors (Lipinski definition) is 7. The molecule has 0 aliphatic carbocycles. The lowest BCUT2D eigenvalue weighted by molar-refractivity contribution is 0.0845. The van der Waals surface area contributed by atoms with Crippen molar-refractivity contribution < 1.29 is 4.74 Å². The number of nitrogens with zero attached hydrogens (tertiary/aromatic N) is 7. The first-order valence-corrected chi connectivity index (χ1v) is 10.8. The number of aromatic nitrogens is 6. The molecule has 0 spiro atoms. The molecule has 1 saturated heterocycles. The summed E-state index contributed by atoms with van der Waals surface area (Å²) in [6.07, 6.45) is 7.30. The van der Waals surface area contributed by atoms with Crippen LogP contribution in [-0.4, -0.2) is 48.8 Å². The normalized spacial score (nSPS) is 14.7. The summed E-state index contributed by atoms with van der Waals surface area (Å²) in [4.78, 5) is 4.71. The van der Waals surface area contributed by atoms with Crippen molar-refractivity contribution in [3.05, 3.63) is 54.1 Å². The van der Waals surface area contributed by atoms with Gasteiger partial charge in [0.25, 0.3) is 0 Å². The summed E-state index contributed by atoms with van der Waals surface area (Å²) < 4.78 is 9.05. The third-order valence-corrected chi connectivity index (χ3v) is 5.62. The molecule has 5 heterocycles. The van der Waals surface area contributed by atoms with E-state index >= 15 is 0 Å². The Labute approximate surface area is 185 Å². The zero-order valence-corrected chi connectivity index (χ0v) is 18.1. The first kappa shape index (κ1) is 20.2. The highest BCUT2D eigenvalue weighted by molar-refractivity contribution is 5.71. The predicted octanol–water partition coefficient (Wildman–Crippen LogP) is 3.56. The predicted molar refractivity (Wildman–Crippen MR) is 120 cm³/mol. The monoisotopic (exact) mass is 428 g/mol. The molecule has 0 unspecified atom stereocenters. The second kappa shape index (κ2) is 8.40. The highest BCUT2D eigenvalue weighted by Crippen LogP contribution is 2.29. The van der Waals surface area contributed by atoms with Gasteiger partial charge in [-0.1, -0.05) is 5.21 Å². The molecular weight excluding hydrogens is 404 g/mol. The SMILES string of the molecule is CC(C)Nc1cc(-c2ccc3cc(C#N)cnn23)ncc1-n1cc(C2CCOCC2)nn1. The molecule has 162 valence electrons. The Kier molecular flexibility index (Phi) is 5.29. The standard InChI is InChI=1S/C23H24N8O/c1-15(2)27-20-10-19(22-4-3-18-9-16(11-24)12-26-31(18)22)25-13-23(20)30-14-21(28-29-30)17-5-7-32-8-6-17/h3-4,9-10,12-15,17H,5-8H2,1-2H3,(H,25,27). The molecule has 5 rings (SSSR count). The topological polar surface area (TPSA) is 106 Å². The largest absolute Gasteiger partial charge is 0.381 e. The molecule has 0 radical (unpaired) electrons. The fourth-order valence-electron chi connectivity index (χ4n) is 4.03. The molecule has 0 saturated carbocycles. The molecule has 32 heavy (non-hydrogen) atoms. The molecule has 4 aromatic heterocycles. The van der Waals surface area contributed by atoms with Crippen LogP contribution in [0.4, 0.5) is 5.69 Å². The van der Waals surface area contributed by atoms with Crippen LogP contribution < -0.4 is 5.32 Å². The summed E-state index contributed by atoms with van der Waals surface area (Å²) in [7, 11) is 0. The van der Waals surface area contributed by atoms with E-state index in [1.807, 2.05) is 36.7 Å². The molecule has 1 aliphatic heterocycles. The molecule has 1 N–H and O–H groups in total. The highest BCUT2D eigenvalue weighted by atomic mass is 16.5. The first-order valence-electron chi connectivity index (χ1n) is 10.8. The second-order valence-electron chi connectivity index (χ2n) is 8.27. The molecule has 0 atom stereocenters. The van der Waals surface area contributed by atoms with E-state index in [4.69, 9.17) is 15.0 Å². The smallest absolute Gasteiger partial charge is 0.108 e. The van der Waals surface area contributed by atoms with E-state index in [0.717, 1.165) is 60.0 Å². The van der Waals surface area contributed by atoms with Gasteiger partial charge in [-0.15, -0.1) is 5.10 Å². The molecule has 4 aromatic rings. The van der Waals surface area contributed by atoms with Gasteiger partial charge in [-0.3, -0.25) is 4.98 Å². The van der Waals surface area contributed by atoms with Crippen molar-refractivity contribution >= 4 is 11.2 Å². The van der Waals surface area contributed by atoms with Crippen LogP contribution in [0, 0.1) is 11.3 Å². The van der Waals surface area contributed by atoms with Crippen molar-refractivity contribution in [3.63, 3.8) is 0 Å². The molecule has 0 amide bonds. The van der Waals surface area contributed by atoms with Crippen LogP contribution >= 0.6 is 0 Å². The van der Waals surface area contributed by atoms with Gasteiger partial charge in [-0.25, -0.2) is 9.20 Å². The summed E-state index contributed by atoms with van der Waals surface area (Å²) in [5, 5.41) is 25.9. The quantitative estimate of drug-likeness (QED) is 0.518. The van der Waals surface area contributed by atoms with Crippen molar-refractivity contribution in [2.24, 2.45) is 0 Å². The van der Waals surface area contributed by atoms with E-state index in [9.17, 15) is 0 Å². The van der Waals surface area contributed by atoms with Gasteiger partial charge >= 0.3 is 0 Å². The van der Waals surface area contributed by atoms with E-state index in [1.54, 1.807) is 15.4 Å². The van der Waals surface area contributed by atoms with Gasteiger partial charge in [0.2, 0.25) is 0 Å². The fraction of sp³-hybridized carbons (Fsp3) is 0.348. The molecule has 0 aromatic carbocycles. The van der Waals surface area contributed by atoms with Crippen LogP contribution in [0.5, 0.6) is 0 Å². The highest BCUT2D eigenvalue weighted by Gasteiger charge is 2.20. The van der Waals surface area contributed by atoms with Crippen LogP contribution in [0.15, 0.2) is 42.9 Å². The number of rotatable bonds is 5. The molecule has 1 fully saturated rings. The van der Waals surface area contributed by atoms with E-state index in [-0.39, 0.29) is 6.04 Å². The van der Waals surface area contributed by atoms with Gasteiger partial charge in [0.15, 0.2) is 0 Å². The number of hydrogen-bond donors (Lipinski definition) is 1. The lowest BCUT2D eigenvalue weighted by atomic mass is 9.97. The van der Waals surface area contributed by atoms with Crippen LogP contribution in [0.1, 0.15) is 43.9 Å². The van der Waals surface area contributed by atoms with Gasteiger partial charge in [0.1, 0.15) is 11.8 Å². The third-order valence-electron chi connectivity index (χ3n) is 5.62. The van der Waals surface area contributed by atoms with E-state index in [2.05, 4.69) is 40.6 Å². The molecular formula is C23H24N8O. The van der Waals surface area contributed by atoms with Crippen LogP contribution in [-0.2, 0) is 4.74 Å². The Hall–Kier alpha value is -3.77. The number of fused-ring (bicyclic) bond motifs is 1. The van der Waals surface area contributed by atoms with Crippen LogP contribution in [0.3, 0.4) is 0 Å². The minimum absolute atomic E-state index is 0.225. The Morgan fingerprint density at radius 3 is 2.81 bits per heavy atom. The Morgan fingerprint density at radius 2 is 2.03 bits per heavy atom. The molecule has 0 bridgehead atoms. The second-order valence-corrected chi connectivity index (χ2v) is 8.27. The average Bonchev–Trinajstić information content (AvgIpc) is 3.46. The minimum Gasteiger partial charge on any atom is -0.381 e. The fourth-order valence-corrected chi connectivity index (χ4v) is 4.03. The third kappa shape index (κ3) is 3.81. The van der Waals surface area contributed by atoms with Crippen molar-refractivity contribution in [3.8, 4) is 23.1 Å². The summed E-state index contributed by atoms with van der Waals surface area (Å²) in [6, 6.07) is 10.1. The zero-order valence-electron chi connectivity index (χ0n) is 18.1. The molecule has 1 aliphatic rings. The van der Waals surface area contributed by atoms with Gasteiger partial charge in [-0.2, -0.15) is 10.4 Å².